The molecule has 2 rings (SSSR count). The third-order valence-electron chi connectivity index (χ3n) is 3.58. The molecular weight excluding hydrogens is 316 g/mol. The molecule has 0 spiro atoms. The standard InChI is InChI=1S/C17H20O3S2/c1-12-4-7-15(10-13(12)2)21-11-17(18)14-5-8-16(9-6-14)22(3,19)20/h4-10,17-18H,11H2,1-3H3. The maximum Gasteiger partial charge on any atom is 0.175 e. The number of aliphatic hydroxyl groups excluding tert-OH is 1. The Kier molecular flexibility index (Phi) is 5.32. The molecule has 0 bridgehead atoms. The van der Waals surface area contributed by atoms with Gasteiger partial charge in [0.2, 0.25) is 0 Å². The molecule has 118 valence electrons. The molecule has 0 heterocycles. The second kappa shape index (κ2) is 6.86. The molecule has 2 aromatic carbocycles. The second-order valence-corrected chi connectivity index (χ2v) is 8.52. The lowest BCUT2D eigenvalue weighted by Gasteiger charge is -2.12. The van der Waals surface area contributed by atoms with Gasteiger partial charge in [0, 0.05) is 16.9 Å². The zero-order chi connectivity index (χ0) is 16.3. The molecule has 5 heteroatoms. The highest BCUT2D eigenvalue weighted by molar-refractivity contribution is 7.99. The summed E-state index contributed by atoms with van der Waals surface area (Å²) in [4.78, 5) is 1.39. The Bertz CT molecular complexity index is 750. The van der Waals surface area contributed by atoms with Gasteiger partial charge in [-0.3, -0.25) is 0 Å². The van der Waals surface area contributed by atoms with E-state index in [-0.39, 0.29) is 4.90 Å². The SMILES string of the molecule is Cc1ccc(SCC(O)c2ccc(S(C)(=O)=O)cc2)cc1C. The highest BCUT2D eigenvalue weighted by atomic mass is 32.2. The van der Waals surface area contributed by atoms with Crippen molar-refractivity contribution in [3.8, 4) is 0 Å². The molecule has 0 aliphatic carbocycles. The summed E-state index contributed by atoms with van der Waals surface area (Å²) in [6.45, 7) is 4.14. The number of thioether (sulfide) groups is 1. The lowest BCUT2D eigenvalue weighted by atomic mass is 10.1. The van der Waals surface area contributed by atoms with Gasteiger partial charge in [-0.25, -0.2) is 8.42 Å². The normalized spacial score (nSPS) is 13.1. The van der Waals surface area contributed by atoms with Crippen LogP contribution in [-0.2, 0) is 9.84 Å². The molecule has 0 fully saturated rings. The van der Waals surface area contributed by atoms with Crippen LogP contribution < -0.4 is 0 Å². The first-order valence-electron chi connectivity index (χ1n) is 6.95. The molecule has 3 nitrogen and oxygen atoms in total. The summed E-state index contributed by atoms with van der Waals surface area (Å²) in [5.74, 6) is 0.528. The summed E-state index contributed by atoms with van der Waals surface area (Å²) in [6.07, 6.45) is 0.550. The van der Waals surface area contributed by atoms with E-state index in [1.807, 2.05) is 6.07 Å². The third-order valence-corrected chi connectivity index (χ3v) is 5.78. The van der Waals surface area contributed by atoms with E-state index in [2.05, 4.69) is 26.0 Å². The van der Waals surface area contributed by atoms with E-state index in [0.717, 1.165) is 10.5 Å². The molecule has 22 heavy (non-hydrogen) atoms. The Morgan fingerprint density at radius 2 is 1.68 bits per heavy atom. The molecular formula is C17H20O3S2. The second-order valence-electron chi connectivity index (χ2n) is 5.41. The zero-order valence-corrected chi connectivity index (χ0v) is 14.5. The van der Waals surface area contributed by atoms with Gasteiger partial charge < -0.3 is 5.11 Å². The van der Waals surface area contributed by atoms with Gasteiger partial charge in [0.05, 0.1) is 11.0 Å². The van der Waals surface area contributed by atoms with Crippen molar-refractivity contribution in [3.05, 3.63) is 59.2 Å². The van der Waals surface area contributed by atoms with Crippen LogP contribution in [0.4, 0.5) is 0 Å². The number of hydrogen-bond acceptors (Lipinski definition) is 4. The molecule has 0 saturated carbocycles. The average molecular weight is 336 g/mol. The smallest absolute Gasteiger partial charge is 0.175 e. The highest BCUT2D eigenvalue weighted by Gasteiger charge is 2.11. The number of hydrogen-bond donors (Lipinski definition) is 1. The fourth-order valence-corrected chi connectivity index (χ4v) is 3.61. The molecule has 1 atom stereocenters. The van der Waals surface area contributed by atoms with Crippen molar-refractivity contribution in [2.45, 2.75) is 29.7 Å². The van der Waals surface area contributed by atoms with E-state index in [4.69, 9.17) is 0 Å². The van der Waals surface area contributed by atoms with E-state index in [9.17, 15) is 13.5 Å². The van der Waals surface area contributed by atoms with Crippen molar-refractivity contribution in [3.63, 3.8) is 0 Å². The Balaban J connectivity index is 2.03. The maximum atomic E-state index is 11.4. The first-order chi connectivity index (χ1) is 10.3. The Labute approximate surface area is 136 Å². The molecule has 0 saturated heterocycles. The van der Waals surface area contributed by atoms with Crippen LogP contribution in [0, 0.1) is 13.8 Å². The summed E-state index contributed by atoms with van der Waals surface area (Å²) in [5.41, 5.74) is 3.21. The number of sulfone groups is 1. The van der Waals surface area contributed by atoms with Gasteiger partial charge >= 0.3 is 0 Å². The van der Waals surface area contributed by atoms with Gasteiger partial charge in [-0.2, -0.15) is 0 Å². The zero-order valence-electron chi connectivity index (χ0n) is 12.9. The molecule has 0 radical (unpaired) electrons. The summed E-state index contributed by atoms with van der Waals surface area (Å²) >= 11 is 1.59. The van der Waals surface area contributed by atoms with Crippen molar-refractivity contribution < 1.29 is 13.5 Å². The Morgan fingerprint density at radius 1 is 1.05 bits per heavy atom. The van der Waals surface area contributed by atoms with Gasteiger partial charge in [-0.05, 0) is 54.8 Å². The minimum Gasteiger partial charge on any atom is -0.388 e. The Hall–Kier alpha value is -1.30. The van der Waals surface area contributed by atoms with Crippen molar-refractivity contribution >= 4 is 21.6 Å². The minimum absolute atomic E-state index is 0.269. The maximum absolute atomic E-state index is 11.4. The highest BCUT2D eigenvalue weighted by Crippen LogP contribution is 2.26. The lowest BCUT2D eigenvalue weighted by Crippen LogP contribution is -2.02. The number of aryl methyl sites for hydroxylation is 2. The lowest BCUT2D eigenvalue weighted by molar-refractivity contribution is 0.204. The van der Waals surface area contributed by atoms with Crippen LogP contribution in [0.1, 0.15) is 22.8 Å². The number of aliphatic hydroxyl groups is 1. The van der Waals surface area contributed by atoms with E-state index in [0.29, 0.717) is 5.75 Å². The molecule has 0 amide bonds. The molecule has 1 N–H and O–H groups in total. The van der Waals surface area contributed by atoms with E-state index >= 15 is 0 Å². The number of benzene rings is 2. The van der Waals surface area contributed by atoms with Gasteiger partial charge in [0.25, 0.3) is 0 Å². The largest absolute Gasteiger partial charge is 0.388 e. The van der Waals surface area contributed by atoms with Crippen LogP contribution in [0.15, 0.2) is 52.3 Å². The van der Waals surface area contributed by atoms with Crippen molar-refractivity contribution in [1.82, 2.24) is 0 Å². The minimum atomic E-state index is -3.20. The van der Waals surface area contributed by atoms with Crippen LogP contribution in [0.5, 0.6) is 0 Å². The van der Waals surface area contributed by atoms with Gasteiger partial charge in [-0.15, -0.1) is 11.8 Å². The summed E-state index contributed by atoms with van der Waals surface area (Å²) in [6, 6.07) is 12.6. The fraction of sp³-hybridized carbons (Fsp3) is 0.294. The van der Waals surface area contributed by atoms with E-state index < -0.39 is 15.9 Å². The van der Waals surface area contributed by atoms with Gasteiger partial charge in [0.1, 0.15) is 0 Å². The van der Waals surface area contributed by atoms with Gasteiger partial charge in [0.15, 0.2) is 9.84 Å². The fourth-order valence-electron chi connectivity index (χ4n) is 2.01. The average Bonchev–Trinajstić information content (AvgIpc) is 2.47. The monoisotopic (exact) mass is 336 g/mol. The molecule has 0 aliphatic heterocycles. The van der Waals surface area contributed by atoms with Crippen LogP contribution >= 0.6 is 11.8 Å². The summed E-state index contributed by atoms with van der Waals surface area (Å²) in [5, 5.41) is 10.2. The van der Waals surface area contributed by atoms with Crippen molar-refractivity contribution in [2.75, 3.05) is 12.0 Å². The predicted octanol–water partition coefficient (Wildman–Crippen LogP) is 3.53. The molecule has 0 aromatic heterocycles. The van der Waals surface area contributed by atoms with Crippen molar-refractivity contribution in [1.29, 1.82) is 0 Å². The van der Waals surface area contributed by atoms with Crippen LogP contribution in [0.3, 0.4) is 0 Å². The third kappa shape index (κ3) is 4.35. The topological polar surface area (TPSA) is 54.4 Å². The molecule has 2 aromatic rings. The van der Waals surface area contributed by atoms with Crippen molar-refractivity contribution in [2.24, 2.45) is 0 Å². The summed E-state index contributed by atoms with van der Waals surface area (Å²) in [7, 11) is -3.20. The van der Waals surface area contributed by atoms with E-state index in [1.165, 1.54) is 29.5 Å². The first-order valence-corrected chi connectivity index (χ1v) is 9.83. The first kappa shape index (κ1) is 17.1. The summed E-state index contributed by atoms with van der Waals surface area (Å²) < 4.78 is 22.8. The Morgan fingerprint density at radius 3 is 2.23 bits per heavy atom. The van der Waals surface area contributed by atoms with Gasteiger partial charge in [-0.1, -0.05) is 18.2 Å². The van der Waals surface area contributed by atoms with Crippen LogP contribution in [-0.4, -0.2) is 25.5 Å². The molecule has 1 unspecified atom stereocenters. The van der Waals surface area contributed by atoms with Crippen LogP contribution in [0.2, 0.25) is 0 Å². The van der Waals surface area contributed by atoms with E-state index in [1.54, 1.807) is 23.9 Å². The molecule has 0 aliphatic rings. The predicted molar refractivity (Wildman–Crippen MR) is 91.2 cm³/mol. The van der Waals surface area contributed by atoms with Crippen LogP contribution in [0.25, 0.3) is 0 Å². The quantitative estimate of drug-likeness (QED) is 0.849. The number of rotatable bonds is 5.